The summed E-state index contributed by atoms with van der Waals surface area (Å²) in [6.45, 7) is 5.13. The third-order valence-corrected chi connectivity index (χ3v) is 9.11. The molecular formula is C34H46FN3O4. The highest BCUT2D eigenvalue weighted by Crippen LogP contribution is 2.36. The van der Waals surface area contributed by atoms with Crippen molar-refractivity contribution in [2.75, 3.05) is 19.7 Å². The van der Waals surface area contributed by atoms with Gasteiger partial charge in [-0.3, -0.25) is 14.4 Å². The molecular weight excluding hydrogens is 533 g/mol. The number of nitrogens with zero attached hydrogens (tertiary/aromatic N) is 1. The number of piperidine rings is 1. The zero-order valence-corrected chi connectivity index (χ0v) is 25.0. The van der Waals surface area contributed by atoms with Crippen LogP contribution in [0.5, 0.6) is 0 Å². The standard InChI is InChI=1S/C30H38FN3O2.C4H8O2/c31-24-12-10-20(11-13-24)18-27(33-29(35)26-19-23-8-4-5-9-25(23)28(26)32)30(36)34-16-14-22(15-17-34)21-6-2-1-3-7-21;1-3-6-4(2)5/h4-5,8-13,21-22,26-28H,1-3,6-7,14-19,32H2,(H,33,35);3H2,1-2H3. The molecule has 8 heteroatoms. The van der Waals surface area contributed by atoms with Gasteiger partial charge in [0, 0.05) is 32.5 Å². The maximum absolute atomic E-state index is 13.7. The van der Waals surface area contributed by atoms with Crippen LogP contribution in [0, 0.1) is 23.6 Å². The highest BCUT2D eigenvalue weighted by atomic mass is 19.1. The molecule has 1 saturated carbocycles. The molecule has 0 spiro atoms. The Bertz CT molecular complexity index is 1190. The summed E-state index contributed by atoms with van der Waals surface area (Å²) in [5.74, 6) is 0.353. The lowest BCUT2D eigenvalue weighted by Gasteiger charge is -2.39. The summed E-state index contributed by atoms with van der Waals surface area (Å²) in [5, 5.41) is 3.06. The average molecular weight is 580 g/mol. The van der Waals surface area contributed by atoms with Crippen LogP contribution in [0.25, 0.3) is 0 Å². The minimum absolute atomic E-state index is 0.0427. The second-order valence-electron chi connectivity index (χ2n) is 11.9. The van der Waals surface area contributed by atoms with Crippen molar-refractivity contribution >= 4 is 17.8 Å². The van der Waals surface area contributed by atoms with Crippen LogP contribution in [0.1, 0.15) is 81.5 Å². The fourth-order valence-electron chi connectivity index (χ4n) is 6.84. The number of benzene rings is 2. The van der Waals surface area contributed by atoms with Gasteiger partial charge >= 0.3 is 5.97 Å². The van der Waals surface area contributed by atoms with Crippen molar-refractivity contribution in [3.05, 3.63) is 71.0 Å². The van der Waals surface area contributed by atoms with Crippen molar-refractivity contribution in [2.24, 2.45) is 23.5 Å². The van der Waals surface area contributed by atoms with Crippen molar-refractivity contribution in [3.8, 4) is 0 Å². The summed E-state index contributed by atoms with van der Waals surface area (Å²) in [5.41, 5.74) is 9.37. The van der Waals surface area contributed by atoms with Crippen LogP contribution in [0.2, 0.25) is 0 Å². The Kier molecular flexibility index (Phi) is 11.5. The first-order valence-corrected chi connectivity index (χ1v) is 15.6. The van der Waals surface area contributed by atoms with Crippen LogP contribution < -0.4 is 11.1 Å². The van der Waals surface area contributed by atoms with Crippen molar-refractivity contribution < 1.29 is 23.5 Å². The molecule has 2 aliphatic carbocycles. The number of hydrogen-bond donors (Lipinski definition) is 2. The zero-order valence-electron chi connectivity index (χ0n) is 25.0. The second-order valence-corrected chi connectivity index (χ2v) is 11.9. The molecule has 1 saturated heterocycles. The Balaban J connectivity index is 0.000000612. The first-order valence-electron chi connectivity index (χ1n) is 15.6. The van der Waals surface area contributed by atoms with Crippen molar-refractivity contribution in [3.63, 3.8) is 0 Å². The van der Waals surface area contributed by atoms with Crippen LogP contribution in [0.4, 0.5) is 4.39 Å². The van der Waals surface area contributed by atoms with Gasteiger partial charge in [-0.2, -0.15) is 0 Å². The van der Waals surface area contributed by atoms with E-state index in [1.165, 1.54) is 51.2 Å². The number of nitrogens with two attached hydrogens (primary N) is 1. The Labute approximate surface area is 249 Å². The number of halogens is 1. The Morgan fingerprint density at radius 3 is 2.21 bits per heavy atom. The highest BCUT2D eigenvalue weighted by molar-refractivity contribution is 5.89. The smallest absolute Gasteiger partial charge is 0.302 e. The van der Waals surface area contributed by atoms with E-state index in [1.54, 1.807) is 19.1 Å². The lowest BCUT2D eigenvalue weighted by molar-refractivity contribution is -0.140. The monoisotopic (exact) mass is 579 g/mol. The number of likely N-dealkylation sites (tertiary alicyclic amines) is 1. The van der Waals surface area contributed by atoms with E-state index in [0.29, 0.717) is 25.4 Å². The largest absolute Gasteiger partial charge is 0.466 e. The third-order valence-electron chi connectivity index (χ3n) is 9.11. The van der Waals surface area contributed by atoms with Gasteiger partial charge in [0.05, 0.1) is 12.5 Å². The Morgan fingerprint density at radius 1 is 0.976 bits per heavy atom. The van der Waals surface area contributed by atoms with E-state index in [0.717, 1.165) is 48.5 Å². The number of ether oxygens (including phenoxy) is 1. The van der Waals surface area contributed by atoms with E-state index < -0.39 is 12.0 Å². The number of esters is 1. The summed E-state index contributed by atoms with van der Waals surface area (Å²) in [7, 11) is 0. The molecule has 2 aromatic rings. The van der Waals surface area contributed by atoms with Gasteiger partial charge in [0.1, 0.15) is 11.9 Å². The van der Waals surface area contributed by atoms with E-state index in [4.69, 9.17) is 5.73 Å². The topological polar surface area (TPSA) is 102 Å². The fourth-order valence-corrected chi connectivity index (χ4v) is 6.84. The molecule has 3 atom stereocenters. The summed E-state index contributed by atoms with van der Waals surface area (Å²) in [6, 6.07) is 13.0. The molecule has 2 aromatic carbocycles. The molecule has 0 radical (unpaired) electrons. The Morgan fingerprint density at radius 2 is 1.62 bits per heavy atom. The summed E-state index contributed by atoms with van der Waals surface area (Å²) < 4.78 is 17.9. The van der Waals surface area contributed by atoms with Gasteiger partial charge in [0.25, 0.3) is 0 Å². The minimum atomic E-state index is -0.690. The van der Waals surface area contributed by atoms with Crippen LogP contribution in [-0.4, -0.2) is 48.4 Å². The van der Waals surface area contributed by atoms with E-state index in [2.05, 4.69) is 10.1 Å². The lowest BCUT2D eigenvalue weighted by atomic mass is 9.76. The lowest BCUT2D eigenvalue weighted by Crippen LogP contribution is -2.53. The quantitative estimate of drug-likeness (QED) is 0.444. The van der Waals surface area contributed by atoms with E-state index in [9.17, 15) is 18.8 Å². The SMILES string of the molecule is CCOC(C)=O.NC1c2ccccc2CC1C(=O)NC(Cc1ccc(F)cc1)C(=O)N1CCC(C2CCCCC2)CC1. The number of carbonyl (C=O) groups is 3. The molecule has 3 N–H and O–H groups in total. The van der Waals surface area contributed by atoms with Gasteiger partial charge in [-0.1, -0.05) is 68.5 Å². The fraction of sp³-hybridized carbons (Fsp3) is 0.559. The molecule has 5 rings (SSSR count). The Hall–Kier alpha value is -3.26. The number of rotatable bonds is 7. The van der Waals surface area contributed by atoms with Gasteiger partial charge in [0.2, 0.25) is 11.8 Å². The molecule has 228 valence electrons. The van der Waals surface area contributed by atoms with E-state index in [-0.39, 0.29) is 29.6 Å². The number of amides is 2. The van der Waals surface area contributed by atoms with Gasteiger partial charge in [-0.15, -0.1) is 0 Å². The second kappa shape index (κ2) is 15.3. The van der Waals surface area contributed by atoms with Crippen molar-refractivity contribution in [1.29, 1.82) is 0 Å². The van der Waals surface area contributed by atoms with E-state index >= 15 is 0 Å². The molecule has 1 aliphatic heterocycles. The van der Waals surface area contributed by atoms with Crippen LogP contribution in [0.15, 0.2) is 48.5 Å². The highest BCUT2D eigenvalue weighted by Gasteiger charge is 2.38. The number of fused-ring (bicyclic) bond motifs is 1. The molecule has 42 heavy (non-hydrogen) atoms. The van der Waals surface area contributed by atoms with Crippen molar-refractivity contribution in [2.45, 2.75) is 83.7 Å². The molecule has 3 unspecified atom stereocenters. The average Bonchev–Trinajstić information content (AvgIpc) is 3.35. The molecule has 3 aliphatic rings. The van der Waals surface area contributed by atoms with Gasteiger partial charge in [-0.25, -0.2) is 4.39 Å². The molecule has 0 bridgehead atoms. The summed E-state index contributed by atoms with van der Waals surface area (Å²) in [6.07, 6.45) is 9.67. The number of hydrogen-bond acceptors (Lipinski definition) is 5. The predicted molar refractivity (Wildman–Crippen MR) is 161 cm³/mol. The van der Waals surface area contributed by atoms with Gasteiger partial charge in [0.15, 0.2) is 0 Å². The molecule has 1 heterocycles. The molecule has 2 fully saturated rings. The normalized spacial score (nSPS) is 21.5. The molecule has 2 amide bonds. The van der Waals surface area contributed by atoms with Crippen LogP contribution in [-0.2, 0) is 32.0 Å². The van der Waals surface area contributed by atoms with Gasteiger partial charge in [-0.05, 0) is 66.8 Å². The minimum Gasteiger partial charge on any atom is -0.466 e. The van der Waals surface area contributed by atoms with Crippen molar-refractivity contribution in [1.82, 2.24) is 10.2 Å². The molecule has 0 aromatic heterocycles. The summed E-state index contributed by atoms with van der Waals surface area (Å²) in [4.78, 5) is 38.9. The van der Waals surface area contributed by atoms with Crippen LogP contribution in [0.3, 0.4) is 0 Å². The van der Waals surface area contributed by atoms with Gasteiger partial charge < -0.3 is 20.7 Å². The zero-order chi connectivity index (χ0) is 30.1. The first-order chi connectivity index (χ1) is 20.3. The van der Waals surface area contributed by atoms with E-state index in [1.807, 2.05) is 29.2 Å². The number of nitrogens with one attached hydrogen (secondary N) is 1. The first kappa shape index (κ1) is 31.7. The number of carbonyl (C=O) groups excluding carboxylic acids is 3. The maximum Gasteiger partial charge on any atom is 0.302 e. The predicted octanol–water partition coefficient (Wildman–Crippen LogP) is 5.11. The third kappa shape index (κ3) is 8.40. The summed E-state index contributed by atoms with van der Waals surface area (Å²) >= 11 is 0. The maximum atomic E-state index is 13.7. The molecule has 7 nitrogen and oxygen atoms in total. The van der Waals surface area contributed by atoms with Crippen LogP contribution >= 0.6 is 0 Å².